The fourth-order valence-electron chi connectivity index (χ4n) is 3.94. The van der Waals surface area contributed by atoms with E-state index in [0.29, 0.717) is 5.95 Å². The Bertz CT molecular complexity index is 1290. The molecule has 33 heavy (non-hydrogen) atoms. The molecule has 0 unspecified atom stereocenters. The first-order valence-corrected chi connectivity index (χ1v) is 11.0. The van der Waals surface area contributed by atoms with E-state index in [1.165, 1.54) is 33.8 Å². The fourth-order valence-corrected chi connectivity index (χ4v) is 3.94. The second kappa shape index (κ2) is 9.28. The molecule has 0 radical (unpaired) electrons. The van der Waals surface area contributed by atoms with Gasteiger partial charge in [0, 0.05) is 36.9 Å². The van der Waals surface area contributed by atoms with Gasteiger partial charge in [-0.3, -0.25) is 0 Å². The summed E-state index contributed by atoms with van der Waals surface area (Å²) >= 11 is 0. The number of nitrogens with zero attached hydrogens (tertiary/aromatic N) is 5. The number of nitrogens with one attached hydrogen (secondary N) is 1. The number of aromatic carboxylic acids is 1. The van der Waals surface area contributed by atoms with Gasteiger partial charge in [-0.1, -0.05) is 18.2 Å². The number of rotatable bonds is 8. The van der Waals surface area contributed by atoms with Gasteiger partial charge in [-0.25, -0.2) is 14.5 Å². The Balaban J connectivity index is 1.74. The second-order valence-corrected chi connectivity index (χ2v) is 7.95. The summed E-state index contributed by atoms with van der Waals surface area (Å²) in [6.45, 7) is 10.7. The molecule has 2 aromatic carbocycles. The zero-order valence-corrected chi connectivity index (χ0v) is 19.3. The average molecular weight is 445 g/mol. The number of hydrogen-bond acceptors (Lipinski definition) is 6. The maximum atomic E-state index is 11.3. The van der Waals surface area contributed by atoms with Gasteiger partial charge in [0.05, 0.1) is 17.3 Å². The summed E-state index contributed by atoms with van der Waals surface area (Å²) in [5.74, 6) is 0.0989. The molecule has 170 valence electrons. The van der Waals surface area contributed by atoms with Crippen molar-refractivity contribution in [1.82, 2.24) is 19.7 Å². The van der Waals surface area contributed by atoms with Gasteiger partial charge in [-0.15, -0.1) is 0 Å². The predicted octanol–water partition coefficient (Wildman–Crippen LogP) is 4.59. The average Bonchev–Trinajstić information content (AvgIpc) is 3.30. The van der Waals surface area contributed by atoms with Gasteiger partial charge in [0.1, 0.15) is 5.82 Å². The summed E-state index contributed by atoms with van der Waals surface area (Å²) in [5, 5.41) is 17.8. The number of fused-ring (bicyclic) bond motifs is 1. The predicted molar refractivity (Wildman–Crippen MR) is 130 cm³/mol. The smallest absolute Gasteiger partial charge is 0.338 e. The maximum Gasteiger partial charge on any atom is 0.338 e. The van der Waals surface area contributed by atoms with E-state index in [1.807, 2.05) is 12.1 Å². The molecule has 4 aromatic rings. The summed E-state index contributed by atoms with van der Waals surface area (Å²) in [6.07, 6.45) is 2.73. The molecule has 0 fully saturated rings. The van der Waals surface area contributed by atoms with E-state index in [2.05, 4.69) is 72.3 Å². The van der Waals surface area contributed by atoms with Crippen molar-refractivity contribution in [1.29, 1.82) is 0 Å². The van der Waals surface area contributed by atoms with Crippen LogP contribution < -0.4 is 10.2 Å². The van der Waals surface area contributed by atoms with Crippen molar-refractivity contribution < 1.29 is 9.90 Å². The van der Waals surface area contributed by atoms with Crippen molar-refractivity contribution in [2.24, 2.45) is 0 Å². The molecule has 0 saturated carbocycles. The minimum absolute atomic E-state index is 0.0918. The lowest BCUT2D eigenvalue weighted by Crippen LogP contribution is -2.24. The molecule has 2 aromatic heterocycles. The number of anilines is 2. The lowest BCUT2D eigenvalue weighted by Gasteiger charge is -2.22. The van der Waals surface area contributed by atoms with Crippen LogP contribution in [0.15, 0.2) is 48.8 Å². The first-order chi connectivity index (χ1) is 15.9. The molecule has 4 rings (SSSR count). The number of carboxylic acid groups (broad SMARTS) is 1. The summed E-state index contributed by atoms with van der Waals surface area (Å²) in [6, 6.07) is 12.4. The first kappa shape index (κ1) is 22.3. The molecule has 0 aliphatic rings. The van der Waals surface area contributed by atoms with Gasteiger partial charge in [0.25, 0.3) is 5.95 Å². The molecule has 8 nitrogen and oxygen atoms in total. The molecule has 2 N–H and O–H groups in total. The van der Waals surface area contributed by atoms with Crippen LogP contribution in [0.5, 0.6) is 0 Å². The van der Waals surface area contributed by atoms with Crippen LogP contribution in [-0.2, 0) is 6.54 Å². The molecular weight excluding hydrogens is 416 g/mol. The Morgan fingerprint density at radius 2 is 1.82 bits per heavy atom. The summed E-state index contributed by atoms with van der Waals surface area (Å²) < 4.78 is 1.41. The van der Waals surface area contributed by atoms with Crippen molar-refractivity contribution in [3.8, 4) is 5.95 Å². The van der Waals surface area contributed by atoms with Crippen molar-refractivity contribution in [2.75, 3.05) is 23.3 Å². The number of hydrogen-bond donors (Lipinski definition) is 2. The van der Waals surface area contributed by atoms with Gasteiger partial charge in [-0.2, -0.15) is 10.1 Å². The first-order valence-electron chi connectivity index (χ1n) is 11.0. The Hall–Kier alpha value is -3.94. The van der Waals surface area contributed by atoms with Crippen LogP contribution >= 0.6 is 0 Å². The van der Waals surface area contributed by atoms with Crippen LogP contribution in [0.25, 0.3) is 16.9 Å². The third-order valence-electron chi connectivity index (χ3n) is 5.87. The van der Waals surface area contributed by atoms with Crippen LogP contribution in [0, 0.1) is 13.8 Å². The molecule has 0 bridgehead atoms. The summed E-state index contributed by atoms with van der Waals surface area (Å²) in [5.41, 5.74) is 5.67. The molecule has 0 amide bonds. The molecule has 0 aliphatic carbocycles. The molecule has 8 heteroatoms. The van der Waals surface area contributed by atoms with E-state index in [1.54, 1.807) is 0 Å². The molecule has 0 aliphatic heterocycles. The van der Waals surface area contributed by atoms with Crippen LogP contribution in [0.3, 0.4) is 0 Å². The Kier molecular flexibility index (Phi) is 6.26. The number of benzene rings is 2. The molecule has 0 spiro atoms. The van der Waals surface area contributed by atoms with Crippen LogP contribution in [0.2, 0.25) is 0 Å². The number of carbonyl (C=O) groups is 1. The highest BCUT2D eigenvalue weighted by Gasteiger charge is 2.16. The highest BCUT2D eigenvalue weighted by atomic mass is 16.4. The minimum atomic E-state index is -1.04. The molecular formula is C25H28N6O2. The fraction of sp³-hybridized carbons (Fsp3) is 0.280. The molecule has 0 saturated heterocycles. The number of aryl methyl sites for hydroxylation is 2. The summed E-state index contributed by atoms with van der Waals surface area (Å²) in [4.78, 5) is 22.8. The van der Waals surface area contributed by atoms with Gasteiger partial charge in [0.15, 0.2) is 0 Å². The third kappa shape index (κ3) is 4.50. The normalized spacial score (nSPS) is 11.0. The standard InChI is InChI=1S/C25H28N6O2/c1-5-30(6-2)23-20-12-19(26-14-21-16(3)8-7-9-17(21)4)10-11-22(20)28-25(29-23)31-15-18(13-27-31)24(32)33/h7-13,15,26H,5-6,14H2,1-4H3,(H,32,33). The number of aromatic nitrogens is 4. The van der Waals surface area contributed by atoms with Crippen LogP contribution in [-0.4, -0.2) is 43.9 Å². The number of carboxylic acids is 1. The topological polar surface area (TPSA) is 96.2 Å². The highest BCUT2D eigenvalue weighted by Crippen LogP contribution is 2.28. The van der Waals surface area contributed by atoms with E-state index in [0.717, 1.165) is 42.0 Å². The third-order valence-corrected chi connectivity index (χ3v) is 5.87. The van der Waals surface area contributed by atoms with E-state index >= 15 is 0 Å². The van der Waals surface area contributed by atoms with Crippen LogP contribution in [0.4, 0.5) is 11.5 Å². The highest BCUT2D eigenvalue weighted by molar-refractivity contribution is 5.92. The van der Waals surface area contributed by atoms with E-state index < -0.39 is 5.97 Å². The van der Waals surface area contributed by atoms with E-state index in [-0.39, 0.29) is 5.56 Å². The van der Waals surface area contributed by atoms with Crippen molar-refractivity contribution in [2.45, 2.75) is 34.2 Å². The monoisotopic (exact) mass is 444 g/mol. The van der Waals surface area contributed by atoms with Crippen molar-refractivity contribution >= 4 is 28.4 Å². The zero-order chi connectivity index (χ0) is 23.5. The Morgan fingerprint density at radius 1 is 1.09 bits per heavy atom. The zero-order valence-electron chi connectivity index (χ0n) is 19.3. The van der Waals surface area contributed by atoms with Gasteiger partial charge >= 0.3 is 5.97 Å². The quantitative estimate of drug-likeness (QED) is 0.410. The van der Waals surface area contributed by atoms with E-state index in [9.17, 15) is 9.90 Å². The molecule has 0 atom stereocenters. The van der Waals surface area contributed by atoms with E-state index in [4.69, 9.17) is 4.98 Å². The molecule has 2 heterocycles. The Morgan fingerprint density at radius 3 is 2.45 bits per heavy atom. The van der Waals surface area contributed by atoms with Crippen molar-refractivity contribution in [3.63, 3.8) is 0 Å². The summed E-state index contributed by atoms with van der Waals surface area (Å²) in [7, 11) is 0. The van der Waals surface area contributed by atoms with Crippen molar-refractivity contribution in [3.05, 3.63) is 71.0 Å². The Labute approximate surface area is 192 Å². The van der Waals surface area contributed by atoms with Gasteiger partial charge in [0.2, 0.25) is 0 Å². The SMILES string of the molecule is CCN(CC)c1nc(-n2cc(C(=O)O)cn2)nc2ccc(NCc3c(C)cccc3C)cc12. The second-order valence-electron chi connectivity index (χ2n) is 7.95. The minimum Gasteiger partial charge on any atom is -0.478 e. The van der Waals surface area contributed by atoms with Crippen LogP contribution in [0.1, 0.15) is 40.9 Å². The van der Waals surface area contributed by atoms with Gasteiger partial charge < -0.3 is 15.3 Å². The lowest BCUT2D eigenvalue weighted by molar-refractivity contribution is 0.0697. The lowest BCUT2D eigenvalue weighted by atomic mass is 10.0. The largest absolute Gasteiger partial charge is 0.478 e. The van der Waals surface area contributed by atoms with Gasteiger partial charge in [-0.05, 0) is 62.6 Å². The maximum absolute atomic E-state index is 11.3.